The number of primary amides is 1. The number of aliphatic imine (C=N–C) groups is 4. The van der Waals surface area contributed by atoms with E-state index < -0.39 is 147 Å². The Bertz CT molecular complexity index is 2690. The third-order valence-electron chi connectivity index (χ3n) is 8.85. The van der Waals surface area contributed by atoms with Gasteiger partial charge >= 0.3 is 11.9 Å². The monoisotopic (exact) mass is 1020 g/mol. The van der Waals surface area contributed by atoms with Crippen LogP contribution in [0.5, 0.6) is 5.75 Å². The fourth-order valence-corrected chi connectivity index (χ4v) is 5.82. The highest BCUT2D eigenvalue weighted by molar-refractivity contribution is 5.99. The Morgan fingerprint density at radius 1 is 0.611 bits per heavy atom. The first-order chi connectivity index (χ1) is 33.5. The number of carbonyl (C=O) groups excluding carboxylic acids is 6. The molecule has 0 aromatic heterocycles. The summed E-state index contributed by atoms with van der Waals surface area (Å²) in [6, 6.07) is 8.11. The predicted octanol–water partition coefficient (Wildman–Crippen LogP) is -6.24. The van der Waals surface area contributed by atoms with Crippen LogP contribution in [0, 0.1) is 20.2 Å². The smallest absolute Gasteiger partial charge is 0.418 e. The average molecular weight is 1020 g/mol. The van der Waals surface area contributed by atoms with Gasteiger partial charge in [0.2, 0.25) is 36.8 Å². The van der Waals surface area contributed by atoms with Gasteiger partial charge in [0.15, 0.2) is 29.6 Å². The summed E-state index contributed by atoms with van der Waals surface area (Å²) in [5.74, 6) is -13.1. The maximum atomic E-state index is 14.5. The van der Waals surface area contributed by atoms with Gasteiger partial charge in [-0.2, -0.15) is 13.2 Å². The fourth-order valence-electron chi connectivity index (χ4n) is 5.82. The molecule has 386 valence electrons. The summed E-state index contributed by atoms with van der Waals surface area (Å²) in [6.45, 7) is -1.01. The second kappa shape index (κ2) is 24.1. The Morgan fingerprint density at radius 3 is 1.50 bits per heavy atom. The number of carbonyl (C=O) groups is 6. The molecule has 0 saturated carbocycles. The summed E-state index contributed by atoms with van der Waals surface area (Å²) in [5.41, 5.74) is 43.0. The van der Waals surface area contributed by atoms with Crippen LogP contribution in [0.3, 0.4) is 0 Å². The Morgan fingerprint density at radius 2 is 1.07 bits per heavy atom. The number of guanidine groups is 4. The molecule has 0 fully saturated rings. The number of hydrogen-bond donors (Lipinski definition) is 16. The van der Waals surface area contributed by atoms with Gasteiger partial charge in [-0.3, -0.25) is 49.0 Å². The van der Waals surface area contributed by atoms with Gasteiger partial charge in [-0.15, -0.1) is 0 Å². The number of alkyl halides is 3. The largest absolute Gasteiger partial charge is 0.502 e. The molecule has 0 aliphatic rings. The molecule has 0 aliphatic heterocycles. The van der Waals surface area contributed by atoms with E-state index in [2.05, 4.69) is 25.3 Å². The Balaban J connectivity index is 2.07. The van der Waals surface area contributed by atoms with Crippen molar-refractivity contribution in [1.29, 1.82) is 0 Å². The maximum Gasteiger partial charge on any atom is 0.418 e. The van der Waals surface area contributed by atoms with Crippen molar-refractivity contribution in [2.75, 3.05) is 4.90 Å². The van der Waals surface area contributed by atoms with Crippen LogP contribution in [0.15, 0.2) is 86.7 Å². The molecule has 6 amide bonds. The van der Waals surface area contributed by atoms with Gasteiger partial charge in [0.05, 0.1) is 21.1 Å². The number of hydrogen-bond acceptors (Lipinski definition) is 17. The van der Waals surface area contributed by atoms with E-state index in [0.717, 1.165) is 12.1 Å². The number of nitro groups is 2. The second-order valence-electron chi connectivity index (χ2n) is 14.2. The quantitative estimate of drug-likeness (QED) is 0.0146. The summed E-state index contributed by atoms with van der Waals surface area (Å²) in [5, 5.41) is 54.5. The summed E-state index contributed by atoms with van der Waals surface area (Å²) >= 11 is 0. The SMILES string of the molecule is NC(=O)C(N=C(N)N)NC(=O)C(N=C(N)N)NC(=O)C(N=C(N)N)NC(=O)C(N=C(N)N)NC(=O)C(NC(=O)C(O)N(Cc1ccc(O)c([N+](=O)[O-])c1)c1ccc([N+](=O)[O-])cc1C(F)(F)F)c1ccccc1. The number of aromatic hydroxyl groups is 1. The molecule has 72 heavy (non-hydrogen) atoms. The highest BCUT2D eigenvalue weighted by atomic mass is 19.4. The lowest BCUT2D eigenvalue weighted by molar-refractivity contribution is -0.385. The topological polar surface area (TPSA) is 576 Å². The zero-order valence-electron chi connectivity index (χ0n) is 36.5. The number of aliphatic hydroxyl groups is 1. The number of nitrogens with one attached hydrogen (secondary N) is 5. The number of amides is 6. The van der Waals surface area contributed by atoms with E-state index in [1.165, 1.54) is 30.3 Å². The van der Waals surface area contributed by atoms with Gasteiger partial charge in [0, 0.05) is 24.7 Å². The number of aliphatic hydroxyl groups excluding tert-OH is 1. The molecule has 3 aromatic carbocycles. The van der Waals surface area contributed by atoms with Crippen molar-refractivity contribution in [1.82, 2.24) is 26.6 Å². The molecule has 3 aromatic rings. The zero-order chi connectivity index (χ0) is 54.4. The summed E-state index contributed by atoms with van der Waals surface area (Å²) in [6.07, 6.45) is -17.0. The summed E-state index contributed by atoms with van der Waals surface area (Å²) in [4.78, 5) is 115. The van der Waals surface area contributed by atoms with E-state index in [1.807, 2.05) is 21.3 Å². The van der Waals surface area contributed by atoms with Crippen LogP contribution >= 0.6 is 0 Å². The van der Waals surface area contributed by atoms with Crippen LogP contribution < -0.4 is 83.1 Å². The number of nitro benzene ring substituents is 2. The molecular formula is C36H44F3N21O12. The summed E-state index contributed by atoms with van der Waals surface area (Å²) < 4.78 is 43.6. The van der Waals surface area contributed by atoms with E-state index in [4.69, 9.17) is 51.6 Å². The molecule has 3 rings (SSSR count). The molecule has 0 aliphatic carbocycles. The minimum Gasteiger partial charge on any atom is -0.502 e. The van der Waals surface area contributed by atoms with Crippen LogP contribution in [0.2, 0.25) is 0 Å². The molecule has 0 heterocycles. The Labute approximate surface area is 400 Å². The van der Waals surface area contributed by atoms with Gasteiger partial charge < -0.3 is 93.3 Å². The van der Waals surface area contributed by atoms with Gasteiger partial charge in [0.25, 0.3) is 35.2 Å². The number of nitrogens with zero attached hydrogens (tertiary/aromatic N) is 7. The normalized spacial score (nSPS) is 13.3. The van der Waals surface area contributed by atoms with Crippen molar-refractivity contribution in [2.24, 2.45) is 71.6 Å². The molecular weight excluding hydrogens is 976 g/mol. The molecule has 36 heteroatoms. The van der Waals surface area contributed by atoms with Crippen molar-refractivity contribution < 1.29 is 62.0 Å². The first-order valence-electron chi connectivity index (χ1n) is 19.5. The number of benzene rings is 3. The molecule has 6 unspecified atom stereocenters. The van der Waals surface area contributed by atoms with E-state index >= 15 is 0 Å². The number of halogens is 3. The molecule has 0 bridgehead atoms. The minimum atomic E-state index is -5.42. The standard InChI is InChI=1S/C36H44F3N21O12/c37-36(38,39)16-11-15(59(69)70)7-8-17(16)58(12-13-6-9-19(61)18(10-13)60(71)72)31(68)30(67)49-20(14-4-2-1-3-5-14)26(63)51-23(55-33(43)44)28(65)53-25(57-35(47)48)29(66)52-24(56-34(45)46)27(64)50-22(21(40)62)54-32(41)42/h1-11,20,22-25,31,61,68H,12H2,(H2,40,62)(H,49,67)(H,50,64)(H,51,63)(H,52,66)(H,53,65)(H4,41,42,54)(H4,43,44,55)(H4,45,46,56)(H4,47,48,57). The van der Waals surface area contributed by atoms with Crippen LogP contribution in [-0.2, 0) is 41.5 Å². The molecule has 0 spiro atoms. The Kier molecular flexibility index (Phi) is 18.8. The van der Waals surface area contributed by atoms with Gasteiger partial charge in [0.1, 0.15) is 6.04 Å². The number of phenolic OH excluding ortho intramolecular Hbond substituents is 1. The summed E-state index contributed by atoms with van der Waals surface area (Å²) in [7, 11) is 0. The van der Waals surface area contributed by atoms with E-state index in [9.17, 15) is 72.4 Å². The molecule has 6 atom stereocenters. The lowest BCUT2D eigenvalue weighted by Gasteiger charge is -2.32. The van der Waals surface area contributed by atoms with Gasteiger partial charge in [-0.1, -0.05) is 36.4 Å². The minimum absolute atomic E-state index is 0.0829. The van der Waals surface area contributed by atoms with Crippen LogP contribution in [0.4, 0.5) is 30.2 Å². The highest BCUT2D eigenvalue weighted by Gasteiger charge is 2.40. The van der Waals surface area contributed by atoms with Crippen molar-refractivity contribution in [3.05, 3.63) is 104 Å². The van der Waals surface area contributed by atoms with Gasteiger partial charge in [-0.25, -0.2) is 20.0 Å². The van der Waals surface area contributed by atoms with Crippen molar-refractivity contribution in [3.8, 4) is 5.75 Å². The van der Waals surface area contributed by atoms with Crippen LogP contribution in [-0.4, -0.2) is 110 Å². The van der Waals surface area contributed by atoms with E-state index in [-0.39, 0.29) is 17.2 Å². The van der Waals surface area contributed by atoms with Crippen molar-refractivity contribution in [2.45, 2.75) is 49.7 Å². The van der Waals surface area contributed by atoms with Crippen molar-refractivity contribution in [3.63, 3.8) is 0 Å². The molecule has 0 radical (unpaired) electrons. The van der Waals surface area contributed by atoms with E-state index in [0.29, 0.717) is 23.1 Å². The fraction of sp³-hybridized carbons (Fsp3) is 0.222. The maximum absolute atomic E-state index is 14.5. The predicted molar refractivity (Wildman–Crippen MR) is 243 cm³/mol. The number of phenols is 1. The Hall–Kier alpha value is -10.3. The third kappa shape index (κ3) is 15.9. The number of nitrogens with two attached hydrogens (primary N) is 9. The highest BCUT2D eigenvalue weighted by Crippen LogP contribution is 2.40. The van der Waals surface area contributed by atoms with Gasteiger partial charge in [-0.05, 0) is 23.3 Å². The number of non-ortho nitro benzene ring substituents is 1. The second-order valence-corrected chi connectivity index (χ2v) is 14.2. The lowest BCUT2D eigenvalue weighted by Crippen LogP contribution is -2.58. The van der Waals surface area contributed by atoms with Crippen LogP contribution in [0.1, 0.15) is 22.7 Å². The number of rotatable bonds is 22. The molecule has 0 saturated heterocycles. The lowest BCUT2D eigenvalue weighted by atomic mass is 10.1. The zero-order valence-corrected chi connectivity index (χ0v) is 36.5. The van der Waals surface area contributed by atoms with Crippen molar-refractivity contribution >= 4 is 76.3 Å². The van der Waals surface area contributed by atoms with E-state index in [1.54, 1.807) is 0 Å². The molecule has 33 nitrogen and oxygen atoms in total. The molecule has 25 N–H and O–H groups in total. The first-order valence-corrected chi connectivity index (χ1v) is 19.5. The van der Waals surface area contributed by atoms with Crippen LogP contribution in [0.25, 0.3) is 0 Å². The average Bonchev–Trinajstić information content (AvgIpc) is 3.28. The number of anilines is 1. The third-order valence-corrected chi connectivity index (χ3v) is 8.85. The first kappa shape index (κ1) is 56.0.